The lowest BCUT2D eigenvalue weighted by Crippen LogP contribution is -2.14. The van der Waals surface area contributed by atoms with Gasteiger partial charge in [0.05, 0.1) is 10.4 Å². The van der Waals surface area contributed by atoms with Gasteiger partial charge in [0.25, 0.3) is 5.91 Å². The first-order valence-electron chi connectivity index (χ1n) is 7.37. The van der Waals surface area contributed by atoms with Crippen molar-refractivity contribution in [2.24, 2.45) is 5.73 Å². The highest BCUT2D eigenvalue weighted by molar-refractivity contribution is 7.22. The van der Waals surface area contributed by atoms with Gasteiger partial charge in [-0.2, -0.15) is 0 Å². The number of anilines is 2. The molecule has 0 spiro atoms. The molecule has 6 nitrogen and oxygen atoms in total. The Morgan fingerprint density at radius 1 is 1.20 bits per heavy atom. The number of nitrogens with two attached hydrogens (primary N) is 1. The second kappa shape index (κ2) is 5.99. The Hall–Kier alpha value is -3.26. The number of carbonyl (C=O) groups excluding carboxylic acids is 1. The summed E-state index contributed by atoms with van der Waals surface area (Å²) in [5.74, 6) is -0.428. The number of thiophene rings is 1. The maximum absolute atomic E-state index is 13.2. The number of primary amides is 1. The number of benzene rings is 1. The molecule has 0 bridgehead atoms. The molecule has 4 N–H and O–H groups in total. The van der Waals surface area contributed by atoms with E-state index < -0.39 is 5.91 Å². The normalized spacial score (nSPS) is 10.9. The molecule has 3 aromatic heterocycles. The van der Waals surface area contributed by atoms with E-state index in [0.29, 0.717) is 10.5 Å². The van der Waals surface area contributed by atoms with Gasteiger partial charge in [-0.1, -0.05) is 12.1 Å². The van der Waals surface area contributed by atoms with Crippen LogP contribution < -0.4 is 11.1 Å². The molecule has 0 aliphatic rings. The van der Waals surface area contributed by atoms with Crippen molar-refractivity contribution in [3.63, 3.8) is 0 Å². The fourth-order valence-electron chi connectivity index (χ4n) is 2.49. The van der Waals surface area contributed by atoms with Crippen LogP contribution in [-0.4, -0.2) is 21.1 Å². The molecule has 0 aliphatic carbocycles. The van der Waals surface area contributed by atoms with Gasteiger partial charge in [0, 0.05) is 22.7 Å². The highest BCUT2D eigenvalue weighted by atomic mass is 32.1. The standard InChI is InChI=1S/C17H12FN5OS/c18-10-3-1-9(2-4-10)13-7-12-15(25-13)14(16(19)24)22-23-17(12)21-11-5-6-20-8-11/h1-8,20H,(H2,19,24)(H,21,23). The molecule has 8 heteroatoms. The van der Waals surface area contributed by atoms with Crippen molar-refractivity contribution < 1.29 is 9.18 Å². The molecule has 0 saturated carbocycles. The zero-order chi connectivity index (χ0) is 17.4. The van der Waals surface area contributed by atoms with Crippen molar-refractivity contribution in [3.8, 4) is 10.4 Å². The maximum atomic E-state index is 13.2. The van der Waals surface area contributed by atoms with Crippen molar-refractivity contribution in [2.75, 3.05) is 5.32 Å². The minimum atomic E-state index is -0.641. The topological polar surface area (TPSA) is 96.7 Å². The molecule has 4 rings (SSSR count). The Morgan fingerprint density at radius 2 is 2.00 bits per heavy atom. The SMILES string of the molecule is NC(=O)c1nnc(Nc2cc[nH]c2)c2cc(-c3ccc(F)cc3)sc12. The van der Waals surface area contributed by atoms with Crippen LogP contribution in [0.3, 0.4) is 0 Å². The quantitative estimate of drug-likeness (QED) is 0.521. The summed E-state index contributed by atoms with van der Waals surface area (Å²) < 4.78 is 13.8. The van der Waals surface area contributed by atoms with Crippen LogP contribution in [0.15, 0.2) is 48.8 Å². The molecule has 124 valence electrons. The monoisotopic (exact) mass is 353 g/mol. The number of H-pyrrole nitrogens is 1. The zero-order valence-electron chi connectivity index (χ0n) is 12.8. The van der Waals surface area contributed by atoms with Gasteiger partial charge in [-0.3, -0.25) is 4.79 Å². The maximum Gasteiger partial charge on any atom is 0.270 e. The van der Waals surface area contributed by atoms with Gasteiger partial charge < -0.3 is 16.0 Å². The predicted molar refractivity (Wildman–Crippen MR) is 95.4 cm³/mol. The van der Waals surface area contributed by atoms with Crippen LogP contribution in [0.25, 0.3) is 20.5 Å². The number of hydrogen-bond acceptors (Lipinski definition) is 5. The number of aromatic nitrogens is 3. The van der Waals surface area contributed by atoms with E-state index in [9.17, 15) is 9.18 Å². The first-order chi connectivity index (χ1) is 12.1. The van der Waals surface area contributed by atoms with E-state index in [4.69, 9.17) is 5.73 Å². The minimum absolute atomic E-state index is 0.119. The molecule has 0 aliphatic heterocycles. The highest BCUT2D eigenvalue weighted by Gasteiger charge is 2.18. The van der Waals surface area contributed by atoms with Crippen LogP contribution in [0.1, 0.15) is 10.5 Å². The summed E-state index contributed by atoms with van der Waals surface area (Å²) in [7, 11) is 0. The summed E-state index contributed by atoms with van der Waals surface area (Å²) in [6.07, 6.45) is 3.56. The van der Waals surface area contributed by atoms with Crippen molar-refractivity contribution in [2.45, 2.75) is 0 Å². The number of halogens is 1. The number of nitrogens with zero attached hydrogens (tertiary/aromatic N) is 2. The Bertz CT molecular complexity index is 1060. The number of aromatic amines is 1. The lowest BCUT2D eigenvalue weighted by molar-refractivity contribution is 0.0996. The molecular weight excluding hydrogens is 341 g/mol. The molecule has 0 radical (unpaired) electrons. The fraction of sp³-hybridized carbons (Fsp3) is 0. The number of fused-ring (bicyclic) bond motifs is 1. The number of hydrogen-bond donors (Lipinski definition) is 3. The summed E-state index contributed by atoms with van der Waals surface area (Å²) in [6, 6.07) is 9.90. The number of rotatable bonds is 4. The second-order valence-corrected chi connectivity index (χ2v) is 6.40. The second-order valence-electron chi connectivity index (χ2n) is 5.35. The molecule has 25 heavy (non-hydrogen) atoms. The summed E-state index contributed by atoms with van der Waals surface area (Å²) >= 11 is 1.36. The number of amides is 1. The Kier molecular flexibility index (Phi) is 3.66. The van der Waals surface area contributed by atoms with E-state index in [-0.39, 0.29) is 11.5 Å². The van der Waals surface area contributed by atoms with Crippen LogP contribution in [0.5, 0.6) is 0 Å². The molecule has 0 unspecified atom stereocenters. The Balaban J connectivity index is 1.88. The zero-order valence-corrected chi connectivity index (χ0v) is 13.6. The Labute approximate surface area is 145 Å². The summed E-state index contributed by atoms with van der Waals surface area (Å²) in [5.41, 5.74) is 7.20. The molecule has 1 amide bonds. The van der Waals surface area contributed by atoms with Gasteiger partial charge >= 0.3 is 0 Å². The average molecular weight is 353 g/mol. The van der Waals surface area contributed by atoms with Gasteiger partial charge in [-0.15, -0.1) is 21.5 Å². The van der Waals surface area contributed by atoms with E-state index >= 15 is 0 Å². The smallest absolute Gasteiger partial charge is 0.270 e. The van der Waals surface area contributed by atoms with Gasteiger partial charge in [-0.25, -0.2) is 4.39 Å². The lowest BCUT2D eigenvalue weighted by Gasteiger charge is -2.04. The molecule has 1 aromatic carbocycles. The number of carbonyl (C=O) groups is 1. The molecular formula is C17H12FN5OS. The van der Waals surface area contributed by atoms with Crippen LogP contribution in [0, 0.1) is 5.82 Å². The highest BCUT2D eigenvalue weighted by Crippen LogP contribution is 2.38. The van der Waals surface area contributed by atoms with Crippen LogP contribution in [-0.2, 0) is 0 Å². The molecule has 4 aromatic rings. The van der Waals surface area contributed by atoms with Crippen molar-refractivity contribution in [3.05, 3.63) is 60.3 Å². The fourth-order valence-corrected chi connectivity index (χ4v) is 3.64. The van der Waals surface area contributed by atoms with Gasteiger partial charge in [-0.05, 0) is 29.8 Å². The predicted octanol–water partition coefficient (Wildman–Crippen LogP) is 3.67. The first-order valence-corrected chi connectivity index (χ1v) is 8.19. The van der Waals surface area contributed by atoms with E-state index in [2.05, 4.69) is 20.5 Å². The van der Waals surface area contributed by atoms with Crippen LogP contribution in [0.4, 0.5) is 15.9 Å². The van der Waals surface area contributed by atoms with E-state index in [1.54, 1.807) is 24.5 Å². The largest absolute Gasteiger partial charge is 0.366 e. The van der Waals surface area contributed by atoms with E-state index in [0.717, 1.165) is 21.5 Å². The molecule has 3 heterocycles. The molecule has 0 fully saturated rings. The average Bonchev–Trinajstić information content (AvgIpc) is 3.25. The summed E-state index contributed by atoms with van der Waals surface area (Å²) in [5, 5.41) is 11.9. The van der Waals surface area contributed by atoms with Gasteiger partial charge in [0.1, 0.15) is 5.82 Å². The van der Waals surface area contributed by atoms with E-state index in [1.165, 1.54) is 23.5 Å². The summed E-state index contributed by atoms with van der Waals surface area (Å²) in [4.78, 5) is 15.5. The van der Waals surface area contributed by atoms with Crippen molar-refractivity contribution in [1.82, 2.24) is 15.2 Å². The van der Waals surface area contributed by atoms with Crippen LogP contribution >= 0.6 is 11.3 Å². The minimum Gasteiger partial charge on any atom is -0.366 e. The summed E-state index contributed by atoms with van der Waals surface area (Å²) in [6.45, 7) is 0. The van der Waals surface area contributed by atoms with E-state index in [1.807, 2.05) is 12.1 Å². The first kappa shape index (κ1) is 15.3. The van der Waals surface area contributed by atoms with Crippen molar-refractivity contribution >= 4 is 38.8 Å². The molecule has 0 atom stereocenters. The molecule has 0 saturated heterocycles. The lowest BCUT2D eigenvalue weighted by atomic mass is 10.1. The van der Waals surface area contributed by atoms with Gasteiger partial charge in [0.15, 0.2) is 11.5 Å². The third-order valence-corrected chi connectivity index (χ3v) is 4.87. The van der Waals surface area contributed by atoms with Crippen LogP contribution in [0.2, 0.25) is 0 Å². The van der Waals surface area contributed by atoms with Crippen molar-refractivity contribution in [1.29, 1.82) is 0 Å². The van der Waals surface area contributed by atoms with Gasteiger partial charge in [0.2, 0.25) is 0 Å². The number of nitrogens with one attached hydrogen (secondary N) is 2. The Morgan fingerprint density at radius 3 is 2.68 bits per heavy atom. The third kappa shape index (κ3) is 2.83. The third-order valence-electron chi connectivity index (χ3n) is 3.68.